The fourth-order valence-electron chi connectivity index (χ4n) is 1.66. The molecule has 1 saturated carbocycles. The fourth-order valence-corrected chi connectivity index (χ4v) is 3.02. The highest BCUT2D eigenvalue weighted by atomic mass is 32.2. The molecule has 66 valence electrons. The highest BCUT2D eigenvalue weighted by Gasteiger charge is 2.29. The van der Waals surface area contributed by atoms with Crippen LogP contribution < -0.4 is 5.73 Å². The molecule has 0 unspecified atom stereocenters. The van der Waals surface area contributed by atoms with Crippen LogP contribution in [-0.2, 0) is 9.84 Å². The smallest absolute Gasteiger partial charge is 0.151 e. The lowest BCUT2D eigenvalue weighted by atomic mass is 9.96. The van der Waals surface area contributed by atoms with Gasteiger partial charge in [-0.25, -0.2) is 8.42 Å². The molecule has 0 aliphatic heterocycles. The van der Waals surface area contributed by atoms with Crippen molar-refractivity contribution in [1.29, 1.82) is 0 Å². The molecule has 0 aromatic rings. The maximum Gasteiger partial charge on any atom is 0.151 e. The average molecular weight is 177 g/mol. The van der Waals surface area contributed by atoms with Gasteiger partial charge in [-0.2, -0.15) is 0 Å². The molecule has 4 heteroatoms. The van der Waals surface area contributed by atoms with Crippen LogP contribution in [0.3, 0.4) is 0 Å². The molecule has 0 aromatic carbocycles. The van der Waals surface area contributed by atoms with E-state index in [-0.39, 0.29) is 11.3 Å². The summed E-state index contributed by atoms with van der Waals surface area (Å²) in [5.41, 5.74) is 5.69. The van der Waals surface area contributed by atoms with Crippen LogP contribution in [0.1, 0.15) is 25.7 Å². The molecule has 3 nitrogen and oxygen atoms in total. The third-order valence-electron chi connectivity index (χ3n) is 2.30. The lowest BCUT2D eigenvalue weighted by Gasteiger charge is -2.26. The second-order valence-electron chi connectivity index (χ2n) is 3.32. The predicted molar refractivity (Wildman–Crippen MR) is 45.1 cm³/mol. The van der Waals surface area contributed by atoms with E-state index in [1.165, 1.54) is 6.26 Å². The van der Waals surface area contributed by atoms with Gasteiger partial charge in [0.2, 0.25) is 0 Å². The number of sulfone groups is 1. The van der Waals surface area contributed by atoms with E-state index in [0.717, 1.165) is 25.7 Å². The first-order chi connectivity index (χ1) is 5.02. The summed E-state index contributed by atoms with van der Waals surface area (Å²) in [6, 6.07) is -0.126. The largest absolute Gasteiger partial charge is 0.327 e. The normalized spacial score (nSPS) is 33.6. The summed E-state index contributed by atoms with van der Waals surface area (Å²) in [6.45, 7) is 0. The summed E-state index contributed by atoms with van der Waals surface area (Å²) >= 11 is 0. The lowest BCUT2D eigenvalue weighted by molar-refractivity contribution is 0.433. The Kier molecular flexibility index (Phi) is 2.54. The molecule has 1 fully saturated rings. The maximum absolute atomic E-state index is 11.1. The summed E-state index contributed by atoms with van der Waals surface area (Å²) in [5, 5.41) is -0.281. The minimum atomic E-state index is -2.90. The fraction of sp³-hybridized carbons (Fsp3) is 1.00. The number of rotatable bonds is 1. The van der Waals surface area contributed by atoms with Gasteiger partial charge in [0, 0.05) is 12.3 Å². The molecule has 2 N–H and O–H groups in total. The van der Waals surface area contributed by atoms with E-state index < -0.39 is 9.84 Å². The van der Waals surface area contributed by atoms with Gasteiger partial charge < -0.3 is 5.73 Å². The van der Waals surface area contributed by atoms with Crippen LogP contribution in [0.5, 0.6) is 0 Å². The van der Waals surface area contributed by atoms with Crippen molar-refractivity contribution in [3.63, 3.8) is 0 Å². The van der Waals surface area contributed by atoms with Gasteiger partial charge in [-0.15, -0.1) is 0 Å². The van der Waals surface area contributed by atoms with Crippen molar-refractivity contribution in [2.45, 2.75) is 37.0 Å². The first kappa shape index (κ1) is 9.00. The Labute approximate surface area is 67.9 Å². The molecule has 0 spiro atoms. The topological polar surface area (TPSA) is 60.2 Å². The Morgan fingerprint density at radius 1 is 1.27 bits per heavy atom. The summed E-state index contributed by atoms with van der Waals surface area (Å²) in [4.78, 5) is 0. The van der Waals surface area contributed by atoms with Gasteiger partial charge in [0.05, 0.1) is 5.25 Å². The van der Waals surface area contributed by atoms with Gasteiger partial charge in [-0.1, -0.05) is 12.8 Å². The molecule has 0 aromatic heterocycles. The number of hydrogen-bond acceptors (Lipinski definition) is 3. The molecule has 0 bridgehead atoms. The van der Waals surface area contributed by atoms with Crippen molar-refractivity contribution in [2.75, 3.05) is 6.26 Å². The van der Waals surface area contributed by atoms with Crippen molar-refractivity contribution in [3.8, 4) is 0 Å². The van der Waals surface area contributed by atoms with Gasteiger partial charge in [0.1, 0.15) is 0 Å². The second kappa shape index (κ2) is 3.11. The van der Waals surface area contributed by atoms with E-state index in [2.05, 4.69) is 0 Å². The average Bonchev–Trinajstić information content (AvgIpc) is 1.86. The van der Waals surface area contributed by atoms with Crippen molar-refractivity contribution in [1.82, 2.24) is 0 Å². The first-order valence-electron chi connectivity index (χ1n) is 3.96. The Balaban J connectivity index is 2.70. The van der Waals surface area contributed by atoms with Crippen LogP contribution in [0.25, 0.3) is 0 Å². The third kappa shape index (κ3) is 2.17. The Morgan fingerprint density at radius 3 is 2.18 bits per heavy atom. The molecule has 1 aliphatic carbocycles. The quantitative estimate of drug-likeness (QED) is 0.626. The zero-order valence-electron chi connectivity index (χ0n) is 6.79. The van der Waals surface area contributed by atoms with Gasteiger partial charge in [0.25, 0.3) is 0 Å². The van der Waals surface area contributed by atoms with Crippen molar-refractivity contribution >= 4 is 9.84 Å². The Bertz CT molecular complexity index is 223. The SMILES string of the molecule is CS(=O)(=O)[C@@H]1CCCC[C@@H]1N. The monoisotopic (exact) mass is 177 g/mol. The molecule has 0 heterocycles. The van der Waals surface area contributed by atoms with Crippen molar-refractivity contribution in [3.05, 3.63) is 0 Å². The van der Waals surface area contributed by atoms with Gasteiger partial charge >= 0.3 is 0 Å². The predicted octanol–water partition coefficient (Wildman–Crippen LogP) is 0.301. The van der Waals surface area contributed by atoms with Crippen LogP contribution in [0.2, 0.25) is 0 Å². The highest BCUT2D eigenvalue weighted by Crippen LogP contribution is 2.22. The minimum Gasteiger partial charge on any atom is -0.327 e. The molecular weight excluding hydrogens is 162 g/mol. The molecule has 0 radical (unpaired) electrons. The van der Waals surface area contributed by atoms with Gasteiger partial charge in [-0.05, 0) is 12.8 Å². The van der Waals surface area contributed by atoms with Crippen LogP contribution >= 0.6 is 0 Å². The summed E-state index contributed by atoms with van der Waals surface area (Å²) in [5.74, 6) is 0. The number of nitrogens with two attached hydrogens (primary N) is 1. The van der Waals surface area contributed by atoms with E-state index in [0.29, 0.717) is 0 Å². The highest BCUT2D eigenvalue weighted by molar-refractivity contribution is 7.91. The van der Waals surface area contributed by atoms with E-state index in [1.807, 2.05) is 0 Å². The Hall–Kier alpha value is -0.0900. The van der Waals surface area contributed by atoms with Crippen LogP contribution in [0, 0.1) is 0 Å². The molecule has 1 aliphatic rings. The maximum atomic E-state index is 11.1. The molecule has 2 atom stereocenters. The van der Waals surface area contributed by atoms with E-state index in [4.69, 9.17) is 5.73 Å². The van der Waals surface area contributed by atoms with Crippen molar-refractivity contribution < 1.29 is 8.42 Å². The molecular formula is C7H15NO2S. The summed E-state index contributed by atoms with van der Waals surface area (Å²) < 4.78 is 22.2. The van der Waals surface area contributed by atoms with Crippen molar-refractivity contribution in [2.24, 2.45) is 5.73 Å². The van der Waals surface area contributed by atoms with Crippen LogP contribution in [-0.4, -0.2) is 26.0 Å². The molecule has 11 heavy (non-hydrogen) atoms. The number of hydrogen-bond donors (Lipinski definition) is 1. The first-order valence-corrected chi connectivity index (χ1v) is 5.92. The molecule has 0 saturated heterocycles. The van der Waals surface area contributed by atoms with Gasteiger partial charge in [-0.3, -0.25) is 0 Å². The van der Waals surface area contributed by atoms with Crippen LogP contribution in [0.4, 0.5) is 0 Å². The zero-order chi connectivity index (χ0) is 8.48. The summed E-state index contributed by atoms with van der Waals surface area (Å²) in [6.07, 6.45) is 4.97. The van der Waals surface area contributed by atoms with E-state index >= 15 is 0 Å². The lowest BCUT2D eigenvalue weighted by Crippen LogP contribution is -2.42. The standard InChI is InChI=1S/C7H15NO2S/c1-11(9,10)7-5-3-2-4-6(7)8/h6-7H,2-5,8H2,1H3/t6-,7+/m0/s1. The molecule has 0 amide bonds. The molecule has 1 rings (SSSR count). The zero-order valence-corrected chi connectivity index (χ0v) is 7.60. The van der Waals surface area contributed by atoms with Crippen LogP contribution in [0.15, 0.2) is 0 Å². The Morgan fingerprint density at radius 2 is 1.82 bits per heavy atom. The van der Waals surface area contributed by atoms with E-state index in [9.17, 15) is 8.42 Å². The minimum absolute atomic E-state index is 0.126. The second-order valence-corrected chi connectivity index (χ2v) is 5.58. The van der Waals surface area contributed by atoms with E-state index in [1.54, 1.807) is 0 Å². The summed E-state index contributed by atoms with van der Waals surface area (Å²) in [7, 11) is -2.90. The third-order valence-corrected chi connectivity index (χ3v) is 3.99. The van der Waals surface area contributed by atoms with Gasteiger partial charge in [0.15, 0.2) is 9.84 Å².